The number of aromatic nitrogens is 3. The second-order valence-electron chi connectivity index (χ2n) is 9.94. The van der Waals surface area contributed by atoms with Gasteiger partial charge in [0.15, 0.2) is 9.84 Å². The maximum absolute atomic E-state index is 13.0. The molecule has 9 nitrogen and oxygen atoms in total. The van der Waals surface area contributed by atoms with Crippen molar-refractivity contribution in [2.75, 3.05) is 44.8 Å². The van der Waals surface area contributed by atoms with E-state index in [9.17, 15) is 13.2 Å². The Labute approximate surface area is 228 Å². The first kappa shape index (κ1) is 26.6. The van der Waals surface area contributed by atoms with E-state index in [4.69, 9.17) is 0 Å². The molecule has 1 fully saturated rings. The molecule has 5 rings (SSSR count). The third-order valence-electron chi connectivity index (χ3n) is 6.88. The highest BCUT2D eigenvalue weighted by Crippen LogP contribution is 2.21. The average molecular weight is 543 g/mol. The number of pyridine rings is 1. The van der Waals surface area contributed by atoms with Gasteiger partial charge in [0.1, 0.15) is 5.69 Å². The van der Waals surface area contributed by atoms with E-state index in [2.05, 4.69) is 62.2 Å². The van der Waals surface area contributed by atoms with Gasteiger partial charge in [-0.25, -0.2) is 8.42 Å². The number of benzene rings is 2. The largest absolute Gasteiger partial charge is 0.322 e. The van der Waals surface area contributed by atoms with Crippen LogP contribution in [-0.4, -0.2) is 78.8 Å². The van der Waals surface area contributed by atoms with E-state index in [0.717, 1.165) is 50.2 Å². The van der Waals surface area contributed by atoms with Crippen LogP contribution < -0.4 is 5.32 Å². The van der Waals surface area contributed by atoms with Crippen molar-refractivity contribution in [1.29, 1.82) is 0 Å². The summed E-state index contributed by atoms with van der Waals surface area (Å²) >= 11 is 0. The number of hydrogen-bond donors (Lipinski definition) is 2. The first-order valence-electron chi connectivity index (χ1n) is 12.6. The van der Waals surface area contributed by atoms with Gasteiger partial charge in [0.25, 0.3) is 5.91 Å². The summed E-state index contributed by atoms with van der Waals surface area (Å²) in [5, 5.41) is 10.6. The average Bonchev–Trinajstić information content (AvgIpc) is 3.32. The Kier molecular flexibility index (Phi) is 7.48. The van der Waals surface area contributed by atoms with Gasteiger partial charge in [0.05, 0.1) is 16.0 Å². The normalized spacial score (nSPS) is 14.6. The number of nitrogens with zero attached hydrogens (tertiary/aromatic N) is 4. The molecule has 0 radical (unpaired) electrons. The minimum atomic E-state index is -3.36. The van der Waals surface area contributed by atoms with Gasteiger partial charge in [-0.1, -0.05) is 12.0 Å². The molecule has 2 aromatic heterocycles. The lowest BCUT2D eigenvalue weighted by atomic mass is 10.1. The molecule has 1 amide bonds. The van der Waals surface area contributed by atoms with E-state index in [1.165, 1.54) is 17.8 Å². The predicted molar refractivity (Wildman–Crippen MR) is 151 cm³/mol. The molecular formula is C29H30N6O3S. The summed E-state index contributed by atoms with van der Waals surface area (Å²) in [6, 6.07) is 12.4. The summed E-state index contributed by atoms with van der Waals surface area (Å²) in [6.07, 6.45) is 4.23. The molecule has 0 saturated carbocycles. The molecule has 1 saturated heterocycles. The quantitative estimate of drug-likeness (QED) is 0.373. The van der Waals surface area contributed by atoms with Crippen LogP contribution in [0, 0.1) is 18.8 Å². The SMILES string of the molecule is Cc1cc(NC(=O)c2cncc(C#Cc3[nH]nc4ccc(S(C)(=O)=O)cc34)c2)ccc1CN1CCN(C)CC1. The lowest BCUT2D eigenvalue weighted by Gasteiger charge is -2.32. The first-order valence-corrected chi connectivity index (χ1v) is 14.5. The molecule has 0 bridgehead atoms. The van der Waals surface area contributed by atoms with Crippen molar-refractivity contribution >= 4 is 32.3 Å². The van der Waals surface area contributed by atoms with Gasteiger partial charge in [0, 0.05) is 68.0 Å². The number of anilines is 1. The number of aryl methyl sites for hydroxylation is 1. The number of amides is 1. The molecule has 0 aliphatic carbocycles. The Morgan fingerprint density at radius 1 is 1.05 bits per heavy atom. The van der Waals surface area contributed by atoms with Crippen molar-refractivity contribution in [2.45, 2.75) is 18.4 Å². The fourth-order valence-electron chi connectivity index (χ4n) is 4.48. The van der Waals surface area contributed by atoms with E-state index >= 15 is 0 Å². The topological polar surface area (TPSA) is 111 Å². The van der Waals surface area contributed by atoms with Crippen LogP contribution >= 0.6 is 0 Å². The van der Waals surface area contributed by atoms with Crippen LogP contribution in [0.5, 0.6) is 0 Å². The van der Waals surface area contributed by atoms with Gasteiger partial charge >= 0.3 is 0 Å². The van der Waals surface area contributed by atoms with Gasteiger partial charge < -0.3 is 10.2 Å². The van der Waals surface area contributed by atoms with Crippen molar-refractivity contribution in [3.63, 3.8) is 0 Å². The Morgan fingerprint density at radius 2 is 1.85 bits per heavy atom. The zero-order valence-electron chi connectivity index (χ0n) is 22.2. The first-order chi connectivity index (χ1) is 18.7. The highest BCUT2D eigenvalue weighted by Gasteiger charge is 2.15. The van der Waals surface area contributed by atoms with Gasteiger partial charge in [-0.05, 0) is 67.4 Å². The highest BCUT2D eigenvalue weighted by atomic mass is 32.2. The lowest BCUT2D eigenvalue weighted by Crippen LogP contribution is -2.43. The monoisotopic (exact) mass is 542 g/mol. The third-order valence-corrected chi connectivity index (χ3v) is 7.99. The summed E-state index contributed by atoms with van der Waals surface area (Å²) in [7, 11) is -1.21. The van der Waals surface area contributed by atoms with Crippen LogP contribution in [0.2, 0.25) is 0 Å². The van der Waals surface area contributed by atoms with E-state index in [0.29, 0.717) is 27.7 Å². The number of fused-ring (bicyclic) bond motifs is 1. The molecule has 1 aliphatic rings. The minimum absolute atomic E-state index is 0.197. The standard InChI is InChI=1S/C29H30N6O3S/c1-20-14-24(6-5-22(20)19-35-12-10-34(2)11-13-35)31-29(36)23-15-21(17-30-18-23)4-8-27-26-16-25(39(3,37)38)7-9-28(26)33-32-27/h5-7,9,14-18H,10-13,19H2,1-3H3,(H,31,36)(H,32,33). The van der Waals surface area contributed by atoms with E-state index in [1.807, 2.05) is 12.1 Å². The summed E-state index contributed by atoms with van der Waals surface area (Å²) < 4.78 is 23.9. The molecule has 4 aromatic rings. The number of aromatic amines is 1. The molecule has 10 heteroatoms. The fraction of sp³-hybridized carbons (Fsp3) is 0.276. The molecule has 2 aromatic carbocycles. The third kappa shape index (κ3) is 6.34. The number of likely N-dealkylation sites (N-methyl/N-ethyl adjacent to an activating group) is 1. The second kappa shape index (κ2) is 11.0. The van der Waals surface area contributed by atoms with Gasteiger partial charge in [-0.3, -0.25) is 19.8 Å². The number of rotatable bonds is 5. The number of sulfone groups is 1. The Morgan fingerprint density at radius 3 is 2.59 bits per heavy atom. The van der Waals surface area contributed by atoms with Crippen molar-refractivity contribution in [3.05, 3.63) is 82.8 Å². The summed E-state index contributed by atoms with van der Waals surface area (Å²) in [5.74, 6) is 5.70. The minimum Gasteiger partial charge on any atom is -0.322 e. The molecule has 0 unspecified atom stereocenters. The molecule has 0 atom stereocenters. The fourth-order valence-corrected chi connectivity index (χ4v) is 5.13. The molecule has 1 aliphatic heterocycles. The Bertz CT molecular complexity index is 1710. The lowest BCUT2D eigenvalue weighted by molar-refractivity contribution is 0.102. The zero-order valence-corrected chi connectivity index (χ0v) is 23.0. The van der Waals surface area contributed by atoms with E-state index in [1.54, 1.807) is 24.4 Å². The molecule has 2 N–H and O–H groups in total. The smallest absolute Gasteiger partial charge is 0.257 e. The molecular weight excluding hydrogens is 512 g/mol. The maximum Gasteiger partial charge on any atom is 0.257 e. The second-order valence-corrected chi connectivity index (χ2v) is 12.0. The summed E-state index contributed by atoms with van der Waals surface area (Å²) in [4.78, 5) is 22.1. The van der Waals surface area contributed by atoms with Crippen molar-refractivity contribution in [2.24, 2.45) is 0 Å². The van der Waals surface area contributed by atoms with Crippen LogP contribution in [0.3, 0.4) is 0 Å². The zero-order chi connectivity index (χ0) is 27.6. The Hall–Kier alpha value is -4.04. The number of carbonyl (C=O) groups is 1. The van der Waals surface area contributed by atoms with Crippen LogP contribution in [0.15, 0.2) is 59.8 Å². The number of carbonyl (C=O) groups excluding carboxylic acids is 1. The van der Waals surface area contributed by atoms with E-state index < -0.39 is 9.84 Å². The summed E-state index contributed by atoms with van der Waals surface area (Å²) in [5.41, 5.74) is 5.14. The molecule has 200 valence electrons. The van der Waals surface area contributed by atoms with Crippen LogP contribution in [0.4, 0.5) is 5.69 Å². The molecule has 3 heterocycles. The van der Waals surface area contributed by atoms with Crippen molar-refractivity contribution < 1.29 is 13.2 Å². The Balaban J connectivity index is 1.29. The van der Waals surface area contributed by atoms with Crippen molar-refractivity contribution in [3.8, 4) is 11.8 Å². The highest BCUT2D eigenvalue weighted by molar-refractivity contribution is 7.90. The van der Waals surface area contributed by atoms with Crippen molar-refractivity contribution in [1.82, 2.24) is 25.0 Å². The predicted octanol–water partition coefficient (Wildman–Crippen LogP) is 3.07. The number of piperazine rings is 1. The number of H-pyrrole nitrogens is 1. The molecule has 0 spiro atoms. The van der Waals surface area contributed by atoms with Gasteiger partial charge in [0.2, 0.25) is 0 Å². The van der Waals surface area contributed by atoms with Gasteiger partial charge in [-0.15, -0.1) is 0 Å². The maximum atomic E-state index is 13.0. The van der Waals surface area contributed by atoms with Crippen LogP contribution in [-0.2, 0) is 16.4 Å². The summed E-state index contributed by atoms with van der Waals surface area (Å²) in [6.45, 7) is 7.23. The van der Waals surface area contributed by atoms with Crippen LogP contribution in [0.1, 0.15) is 32.7 Å². The molecule has 39 heavy (non-hydrogen) atoms. The van der Waals surface area contributed by atoms with Gasteiger partial charge in [-0.2, -0.15) is 5.10 Å². The number of nitrogens with one attached hydrogen (secondary N) is 2. The number of hydrogen-bond acceptors (Lipinski definition) is 7. The van der Waals surface area contributed by atoms with E-state index in [-0.39, 0.29) is 10.8 Å². The van der Waals surface area contributed by atoms with Crippen LogP contribution in [0.25, 0.3) is 10.9 Å².